The van der Waals surface area contributed by atoms with Gasteiger partial charge >= 0.3 is 0 Å². The second-order valence-corrected chi connectivity index (χ2v) is 3.56. The fraction of sp³-hybridized carbons (Fsp3) is 0. The third-order valence-electron chi connectivity index (χ3n) is 2.74. The number of nitrogens with zero attached hydrogens (tertiary/aromatic N) is 4. The Balaban J connectivity index is 2.37. The van der Waals surface area contributed by atoms with Gasteiger partial charge in [0, 0.05) is 6.20 Å². The van der Waals surface area contributed by atoms with Crippen molar-refractivity contribution in [1.29, 1.82) is 0 Å². The van der Waals surface area contributed by atoms with E-state index in [4.69, 9.17) is 0 Å². The highest BCUT2D eigenvalue weighted by Crippen LogP contribution is 2.20. The van der Waals surface area contributed by atoms with E-state index in [0.717, 1.165) is 27.6 Å². The van der Waals surface area contributed by atoms with Crippen molar-refractivity contribution >= 4 is 28.6 Å². The molecule has 0 saturated carbocycles. The monoisotopic (exact) mass is 194 g/mol. The van der Waals surface area contributed by atoms with Gasteiger partial charge in [0.2, 0.25) is 0 Å². The van der Waals surface area contributed by atoms with Gasteiger partial charge in [-0.05, 0) is 24.3 Å². The van der Waals surface area contributed by atoms with Crippen molar-refractivity contribution in [2.45, 2.75) is 0 Å². The van der Waals surface area contributed by atoms with Crippen LogP contribution in [0.15, 0.2) is 40.7 Å². The third-order valence-corrected chi connectivity index (χ3v) is 2.74. The molecule has 0 unspecified atom stereocenters. The van der Waals surface area contributed by atoms with E-state index in [1.165, 1.54) is 0 Å². The van der Waals surface area contributed by atoms with Crippen LogP contribution in [0.25, 0.3) is 22.9 Å². The van der Waals surface area contributed by atoms with E-state index in [1.54, 1.807) is 6.20 Å². The fourth-order valence-electron chi connectivity index (χ4n) is 2.04. The summed E-state index contributed by atoms with van der Waals surface area (Å²) in [6.45, 7) is 0. The average Bonchev–Trinajstić information content (AvgIpc) is 2.90. The van der Waals surface area contributed by atoms with Gasteiger partial charge in [-0.3, -0.25) is 4.40 Å². The second-order valence-electron chi connectivity index (χ2n) is 3.56. The molecule has 0 radical (unpaired) electrons. The molecule has 1 aliphatic rings. The summed E-state index contributed by atoms with van der Waals surface area (Å²) in [5.74, 6) is 0. The highest BCUT2D eigenvalue weighted by atomic mass is 15.1. The number of rotatable bonds is 0. The fourth-order valence-corrected chi connectivity index (χ4v) is 2.04. The number of benzene rings is 1. The predicted octanol–water partition coefficient (Wildman–Crippen LogP) is 2.04. The van der Waals surface area contributed by atoms with Gasteiger partial charge in [0.15, 0.2) is 0 Å². The van der Waals surface area contributed by atoms with Crippen molar-refractivity contribution in [3.8, 4) is 0 Å². The standard InChI is InChI=1S/C11H6N4/c1-2-10-13-11-7-6-12-14-8(7)3-4-9(11)15(10)5-1/h1-6H. The Kier molecular flexibility index (Phi) is 1.06. The van der Waals surface area contributed by atoms with Crippen molar-refractivity contribution in [3.05, 3.63) is 35.7 Å². The van der Waals surface area contributed by atoms with Crippen LogP contribution in [-0.2, 0) is 0 Å². The summed E-state index contributed by atoms with van der Waals surface area (Å²) in [6.07, 6.45) is 3.78. The number of hydrogen-bond donors (Lipinski definition) is 0. The molecular formula is C11H6N4. The lowest BCUT2D eigenvalue weighted by atomic mass is 10.2. The van der Waals surface area contributed by atoms with Gasteiger partial charge in [0.05, 0.1) is 22.6 Å². The molecule has 0 atom stereocenters. The van der Waals surface area contributed by atoms with Gasteiger partial charge in [-0.2, -0.15) is 10.2 Å². The molecule has 0 spiro atoms. The summed E-state index contributed by atoms with van der Waals surface area (Å²) in [6, 6.07) is 8.00. The summed E-state index contributed by atoms with van der Waals surface area (Å²) >= 11 is 0. The first-order valence-electron chi connectivity index (χ1n) is 4.74. The maximum Gasteiger partial charge on any atom is 0.137 e. The number of azo groups is 1. The summed E-state index contributed by atoms with van der Waals surface area (Å²) < 4.78 is 2.07. The zero-order valence-corrected chi connectivity index (χ0v) is 7.75. The Hall–Kier alpha value is -2.23. The lowest BCUT2D eigenvalue weighted by Crippen LogP contribution is -1.99. The summed E-state index contributed by atoms with van der Waals surface area (Å²) in [7, 11) is 0. The van der Waals surface area contributed by atoms with Gasteiger partial charge in [-0.15, -0.1) is 0 Å². The van der Waals surface area contributed by atoms with Gasteiger partial charge in [0.25, 0.3) is 0 Å². The quantitative estimate of drug-likeness (QED) is 0.540. The SMILES string of the molecule is C1=c2c(ccc3c2nc2cccn23)N=N1. The molecule has 70 valence electrons. The van der Waals surface area contributed by atoms with E-state index >= 15 is 0 Å². The zero-order valence-electron chi connectivity index (χ0n) is 7.75. The Bertz CT molecular complexity index is 767. The number of hydrogen-bond acceptors (Lipinski definition) is 3. The lowest BCUT2D eigenvalue weighted by Gasteiger charge is -1.91. The molecule has 0 amide bonds. The van der Waals surface area contributed by atoms with Gasteiger partial charge in [-0.25, -0.2) is 4.98 Å². The Morgan fingerprint density at radius 3 is 3.13 bits per heavy atom. The third kappa shape index (κ3) is 0.747. The van der Waals surface area contributed by atoms with Crippen LogP contribution in [0.2, 0.25) is 0 Å². The summed E-state index contributed by atoms with van der Waals surface area (Å²) in [4.78, 5) is 4.56. The van der Waals surface area contributed by atoms with E-state index < -0.39 is 0 Å². The van der Waals surface area contributed by atoms with E-state index in [9.17, 15) is 0 Å². The second kappa shape index (κ2) is 2.23. The molecule has 15 heavy (non-hydrogen) atoms. The first kappa shape index (κ1) is 7.11. The van der Waals surface area contributed by atoms with Crippen LogP contribution in [0.4, 0.5) is 5.69 Å². The van der Waals surface area contributed by atoms with E-state index in [1.807, 2.05) is 30.5 Å². The highest BCUT2D eigenvalue weighted by Gasteiger charge is 2.10. The van der Waals surface area contributed by atoms with Crippen molar-refractivity contribution in [3.63, 3.8) is 0 Å². The molecule has 2 aromatic heterocycles. The summed E-state index contributed by atoms with van der Waals surface area (Å²) in [5.41, 5.74) is 3.97. The Morgan fingerprint density at radius 1 is 1.13 bits per heavy atom. The van der Waals surface area contributed by atoms with Crippen LogP contribution < -0.4 is 5.22 Å². The minimum Gasteiger partial charge on any atom is -0.300 e. The number of imidazole rings is 1. The topological polar surface area (TPSA) is 42.0 Å². The smallest absolute Gasteiger partial charge is 0.137 e. The molecule has 3 heterocycles. The Labute approximate surface area is 84.6 Å². The van der Waals surface area contributed by atoms with E-state index in [0.29, 0.717) is 0 Å². The normalized spacial score (nSPS) is 13.6. The molecule has 4 rings (SSSR count). The maximum atomic E-state index is 4.56. The molecule has 4 heteroatoms. The molecule has 3 aromatic rings. The van der Waals surface area contributed by atoms with Crippen LogP contribution in [0.5, 0.6) is 0 Å². The van der Waals surface area contributed by atoms with Crippen LogP contribution in [0.1, 0.15) is 0 Å². The first-order chi connectivity index (χ1) is 7.43. The Morgan fingerprint density at radius 2 is 2.13 bits per heavy atom. The number of aromatic nitrogens is 2. The van der Waals surface area contributed by atoms with Crippen LogP contribution in [0.3, 0.4) is 0 Å². The van der Waals surface area contributed by atoms with Crippen LogP contribution in [0, 0.1) is 0 Å². The van der Waals surface area contributed by atoms with Crippen molar-refractivity contribution in [2.24, 2.45) is 10.2 Å². The average molecular weight is 194 g/mol. The van der Waals surface area contributed by atoms with Crippen molar-refractivity contribution in [2.75, 3.05) is 0 Å². The van der Waals surface area contributed by atoms with Gasteiger partial charge in [-0.1, -0.05) is 0 Å². The molecule has 0 aliphatic carbocycles. The predicted molar refractivity (Wildman–Crippen MR) is 56.9 cm³/mol. The van der Waals surface area contributed by atoms with Crippen LogP contribution in [-0.4, -0.2) is 9.38 Å². The number of fused-ring (bicyclic) bond motifs is 5. The molecule has 0 bridgehead atoms. The summed E-state index contributed by atoms with van der Waals surface area (Å²) in [5, 5.41) is 8.96. The molecule has 0 N–H and O–H groups in total. The minimum absolute atomic E-state index is 0.906. The molecule has 1 aliphatic heterocycles. The molecule has 1 aromatic carbocycles. The first-order valence-corrected chi connectivity index (χ1v) is 4.74. The lowest BCUT2D eigenvalue weighted by molar-refractivity contribution is 1.27. The molecule has 0 fully saturated rings. The zero-order chi connectivity index (χ0) is 9.83. The maximum absolute atomic E-state index is 4.56. The molecule has 4 nitrogen and oxygen atoms in total. The van der Waals surface area contributed by atoms with Gasteiger partial charge < -0.3 is 0 Å². The van der Waals surface area contributed by atoms with Crippen LogP contribution >= 0.6 is 0 Å². The van der Waals surface area contributed by atoms with Crippen molar-refractivity contribution < 1.29 is 0 Å². The highest BCUT2D eigenvalue weighted by molar-refractivity contribution is 5.85. The molecule has 0 saturated heterocycles. The molecular weight excluding hydrogens is 188 g/mol. The van der Waals surface area contributed by atoms with E-state index in [-0.39, 0.29) is 0 Å². The largest absolute Gasteiger partial charge is 0.300 e. The van der Waals surface area contributed by atoms with Crippen molar-refractivity contribution in [1.82, 2.24) is 9.38 Å². The van der Waals surface area contributed by atoms with E-state index in [2.05, 4.69) is 19.6 Å². The van der Waals surface area contributed by atoms with Gasteiger partial charge in [0.1, 0.15) is 11.2 Å². The minimum atomic E-state index is 0.906.